The van der Waals surface area contributed by atoms with Crippen LogP contribution in [0.5, 0.6) is 0 Å². The monoisotopic (exact) mass is 410 g/mol. The maximum absolute atomic E-state index is 12.6. The minimum atomic E-state index is -0.443. The zero-order chi connectivity index (χ0) is 21.5. The third-order valence-corrected chi connectivity index (χ3v) is 5.12. The molecule has 158 valence electrons. The lowest BCUT2D eigenvalue weighted by Gasteiger charge is -2.35. The molecule has 0 aliphatic carbocycles. The van der Waals surface area contributed by atoms with Gasteiger partial charge < -0.3 is 10.2 Å². The van der Waals surface area contributed by atoms with Gasteiger partial charge in [0.15, 0.2) is 5.78 Å². The lowest BCUT2D eigenvalue weighted by atomic mass is 10.0. The lowest BCUT2D eigenvalue weighted by molar-refractivity contribution is -0.384. The molecule has 8 nitrogen and oxygen atoms in total. The second-order valence-electron chi connectivity index (χ2n) is 7.27. The number of rotatable bonds is 8. The van der Waals surface area contributed by atoms with Crippen LogP contribution < -0.4 is 10.2 Å². The van der Waals surface area contributed by atoms with E-state index in [0.29, 0.717) is 56.1 Å². The molecular weight excluding hydrogens is 384 g/mol. The Morgan fingerprint density at radius 3 is 2.37 bits per heavy atom. The molecule has 0 radical (unpaired) electrons. The molecule has 0 aromatic heterocycles. The highest BCUT2D eigenvalue weighted by molar-refractivity contribution is 6.09. The van der Waals surface area contributed by atoms with Gasteiger partial charge in [0.2, 0.25) is 5.91 Å². The number of nitro groups is 1. The zero-order valence-electron chi connectivity index (χ0n) is 17.0. The van der Waals surface area contributed by atoms with Gasteiger partial charge in [-0.25, -0.2) is 0 Å². The van der Waals surface area contributed by atoms with Crippen molar-refractivity contribution in [2.75, 3.05) is 44.2 Å². The van der Waals surface area contributed by atoms with Gasteiger partial charge in [-0.3, -0.25) is 24.6 Å². The SMILES string of the molecule is CCCNC(=O)CN1CCN(c2ccc(C(=O)c3ccccc3)cc2[N+](=O)[O-])CC1. The van der Waals surface area contributed by atoms with E-state index in [1.165, 1.54) is 6.07 Å². The summed E-state index contributed by atoms with van der Waals surface area (Å²) in [5, 5.41) is 14.6. The molecule has 1 N–H and O–H groups in total. The van der Waals surface area contributed by atoms with E-state index in [9.17, 15) is 19.7 Å². The number of benzene rings is 2. The van der Waals surface area contributed by atoms with Crippen molar-refractivity contribution in [3.8, 4) is 0 Å². The minimum absolute atomic E-state index is 0.0000536. The molecule has 1 heterocycles. The second-order valence-corrected chi connectivity index (χ2v) is 7.27. The molecule has 0 atom stereocenters. The number of nitro benzene ring substituents is 1. The molecule has 0 bridgehead atoms. The summed E-state index contributed by atoms with van der Waals surface area (Å²) >= 11 is 0. The molecule has 1 aliphatic rings. The Balaban J connectivity index is 1.70. The first-order valence-electron chi connectivity index (χ1n) is 10.1. The van der Waals surface area contributed by atoms with Gasteiger partial charge in [-0.05, 0) is 18.6 Å². The normalized spacial score (nSPS) is 14.4. The van der Waals surface area contributed by atoms with Crippen molar-refractivity contribution in [1.29, 1.82) is 0 Å². The maximum Gasteiger partial charge on any atom is 0.293 e. The van der Waals surface area contributed by atoms with E-state index < -0.39 is 4.92 Å². The Morgan fingerprint density at radius 2 is 1.73 bits per heavy atom. The maximum atomic E-state index is 12.6. The van der Waals surface area contributed by atoms with Crippen molar-refractivity contribution < 1.29 is 14.5 Å². The molecule has 0 spiro atoms. The van der Waals surface area contributed by atoms with Crippen LogP contribution in [0.4, 0.5) is 11.4 Å². The fraction of sp³-hybridized carbons (Fsp3) is 0.364. The number of hydrogen-bond donors (Lipinski definition) is 1. The minimum Gasteiger partial charge on any atom is -0.363 e. The van der Waals surface area contributed by atoms with E-state index in [2.05, 4.69) is 5.32 Å². The van der Waals surface area contributed by atoms with Gasteiger partial charge in [-0.2, -0.15) is 0 Å². The van der Waals surface area contributed by atoms with Crippen LogP contribution in [0, 0.1) is 10.1 Å². The molecule has 2 aromatic carbocycles. The van der Waals surface area contributed by atoms with Crippen molar-refractivity contribution in [2.45, 2.75) is 13.3 Å². The van der Waals surface area contributed by atoms with Crippen LogP contribution in [0.2, 0.25) is 0 Å². The molecule has 0 saturated carbocycles. The molecule has 1 saturated heterocycles. The summed E-state index contributed by atoms with van der Waals surface area (Å²) in [6, 6.07) is 13.4. The molecule has 1 aliphatic heterocycles. The summed E-state index contributed by atoms with van der Waals surface area (Å²) in [6.45, 7) is 5.44. The van der Waals surface area contributed by atoms with Crippen LogP contribution in [0.25, 0.3) is 0 Å². The van der Waals surface area contributed by atoms with E-state index >= 15 is 0 Å². The standard InChI is InChI=1S/C22H26N4O4/c1-2-10-23-21(27)16-24-11-13-25(14-12-24)19-9-8-18(15-20(19)26(29)30)22(28)17-6-4-3-5-7-17/h3-9,15H,2,10-14,16H2,1H3,(H,23,27). The summed E-state index contributed by atoms with van der Waals surface area (Å²) in [7, 11) is 0. The predicted molar refractivity (Wildman–Crippen MR) is 115 cm³/mol. The predicted octanol–water partition coefficient (Wildman–Crippen LogP) is 2.47. The van der Waals surface area contributed by atoms with E-state index in [4.69, 9.17) is 0 Å². The highest BCUT2D eigenvalue weighted by atomic mass is 16.6. The molecule has 30 heavy (non-hydrogen) atoms. The molecular formula is C22H26N4O4. The van der Waals surface area contributed by atoms with Crippen LogP contribution in [-0.2, 0) is 4.79 Å². The van der Waals surface area contributed by atoms with Crippen LogP contribution in [0.1, 0.15) is 29.3 Å². The summed E-state index contributed by atoms with van der Waals surface area (Å²) in [5.41, 5.74) is 1.21. The Kier molecular flexibility index (Phi) is 7.13. The molecule has 1 fully saturated rings. The Hall–Kier alpha value is -3.26. The summed E-state index contributed by atoms with van der Waals surface area (Å²) in [4.78, 5) is 39.8. The first-order chi connectivity index (χ1) is 14.5. The van der Waals surface area contributed by atoms with E-state index in [1.54, 1.807) is 36.4 Å². The number of carbonyl (C=O) groups is 2. The number of ketones is 1. The highest BCUT2D eigenvalue weighted by Gasteiger charge is 2.26. The largest absolute Gasteiger partial charge is 0.363 e. The number of piperazine rings is 1. The molecule has 0 unspecified atom stereocenters. The fourth-order valence-electron chi connectivity index (χ4n) is 3.50. The van der Waals surface area contributed by atoms with Gasteiger partial charge in [0, 0.05) is 49.9 Å². The molecule has 1 amide bonds. The Morgan fingerprint density at radius 1 is 1.03 bits per heavy atom. The number of anilines is 1. The first kappa shape index (κ1) is 21.4. The van der Waals surface area contributed by atoms with Gasteiger partial charge in [0.1, 0.15) is 5.69 Å². The average molecular weight is 410 g/mol. The van der Waals surface area contributed by atoms with Crippen LogP contribution in [0.15, 0.2) is 48.5 Å². The van der Waals surface area contributed by atoms with Gasteiger partial charge in [0.25, 0.3) is 5.69 Å². The smallest absolute Gasteiger partial charge is 0.293 e. The van der Waals surface area contributed by atoms with Gasteiger partial charge in [-0.15, -0.1) is 0 Å². The number of nitrogens with zero attached hydrogens (tertiary/aromatic N) is 3. The average Bonchev–Trinajstić information content (AvgIpc) is 2.78. The third-order valence-electron chi connectivity index (χ3n) is 5.12. The molecule has 2 aromatic rings. The lowest BCUT2D eigenvalue weighted by Crippen LogP contribution is -2.49. The number of amides is 1. The fourth-order valence-corrected chi connectivity index (χ4v) is 3.50. The quantitative estimate of drug-likeness (QED) is 0.408. The number of nitrogens with one attached hydrogen (secondary N) is 1. The van der Waals surface area contributed by atoms with Crippen molar-refractivity contribution in [3.63, 3.8) is 0 Å². The molecule has 8 heteroatoms. The Labute approximate surface area is 175 Å². The topological polar surface area (TPSA) is 95.8 Å². The number of carbonyl (C=O) groups excluding carboxylic acids is 2. The number of hydrogen-bond acceptors (Lipinski definition) is 6. The van der Waals surface area contributed by atoms with E-state index in [0.717, 1.165) is 6.42 Å². The second kappa shape index (κ2) is 9.98. The van der Waals surface area contributed by atoms with Crippen molar-refractivity contribution in [2.24, 2.45) is 0 Å². The van der Waals surface area contributed by atoms with Crippen LogP contribution in [0.3, 0.4) is 0 Å². The van der Waals surface area contributed by atoms with Crippen LogP contribution in [-0.4, -0.2) is 60.8 Å². The van der Waals surface area contributed by atoms with Gasteiger partial charge in [-0.1, -0.05) is 37.3 Å². The summed E-state index contributed by atoms with van der Waals surface area (Å²) < 4.78 is 0. The van der Waals surface area contributed by atoms with Gasteiger partial charge >= 0.3 is 0 Å². The van der Waals surface area contributed by atoms with Crippen molar-refractivity contribution >= 4 is 23.1 Å². The summed E-state index contributed by atoms with van der Waals surface area (Å²) in [6.07, 6.45) is 0.895. The van der Waals surface area contributed by atoms with Crippen molar-refractivity contribution in [3.05, 3.63) is 69.8 Å². The molecule has 3 rings (SSSR count). The summed E-state index contributed by atoms with van der Waals surface area (Å²) in [5.74, 6) is -0.242. The van der Waals surface area contributed by atoms with Gasteiger partial charge in [0.05, 0.1) is 11.5 Å². The van der Waals surface area contributed by atoms with Crippen molar-refractivity contribution in [1.82, 2.24) is 10.2 Å². The Bertz CT molecular complexity index is 909. The van der Waals surface area contributed by atoms with E-state index in [-0.39, 0.29) is 17.4 Å². The highest BCUT2D eigenvalue weighted by Crippen LogP contribution is 2.30. The first-order valence-corrected chi connectivity index (χ1v) is 10.1. The third kappa shape index (κ3) is 5.21. The van der Waals surface area contributed by atoms with E-state index in [1.807, 2.05) is 22.8 Å². The van der Waals surface area contributed by atoms with Crippen LogP contribution >= 0.6 is 0 Å². The zero-order valence-corrected chi connectivity index (χ0v) is 17.0.